The zero-order valence-electron chi connectivity index (χ0n) is 22.4. The van der Waals surface area contributed by atoms with Crippen LogP contribution in [0.2, 0.25) is 5.02 Å². The quantitative estimate of drug-likeness (QED) is 0.184. The van der Waals surface area contributed by atoms with E-state index in [2.05, 4.69) is 25.5 Å². The van der Waals surface area contributed by atoms with Crippen molar-refractivity contribution in [3.8, 4) is 16.9 Å². The fourth-order valence-corrected chi connectivity index (χ4v) is 4.64. The Kier molecular flexibility index (Phi) is 8.14. The van der Waals surface area contributed by atoms with Crippen molar-refractivity contribution in [1.29, 1.82) is 0 Å². The van der Waals surface area contributed by atoms with Crippen LogP contribution in [0.5, 0.6) is 5.75 Å². The van der Waals surface area contributed by atoms with E-state index < -0.39 is 11.5 Å². The van der Waals surface area contributed by atoms with Gasteiger partial charge in [-0.2, -0.15) is 0 Å². The minimum absolute atomic E-state index is 0.000412. The number of aliphatic hydroxyl groups is 1. The summed E-state index contributed by atoms with van der Waals surface area (Å²) in [4.78, 5) is 20.0. The van der Waals surface area contributed by atoms with Gasteiger partial charge in [-0.3, -0.25) is 4.79 Å². The number of benzene rings is 2. The molecule has 0 spiro atoms. The van der Waals surface area contributed by atoms with Crippen molar-refractivity contribution in [2.24, 2.45) is 0 Å². The van der Waals surface area contributed by atoms with Gasteiger partial charge in [-0.15, -0.1) is 10.2 Å². The van der Waals surface area contributed by atoms with Gasteiger partial charge in [0, 0.05) is 23.2 Å². The third-order valence-corrected chi connectivity index (χ3v) is 7.01. The summed E-state index contributed by atoms with van der Waals surface area (Å²) in [6.07, 6.45) is 5.36. The van der Waals surface area contributed by atoms with Crippen molar-refractivity contribution in [2.75, 3.05) is 11.9 Å². The van der Waals surface area contributed by atoms with E-state index in [4.69, 9.17) is 16.3 Å². The average molecular weight is 564 g/mol. The lowest BCUT2D eigenvalue weighted by Crippen LogP contribution is -2.19. The molecular formula is C30H31ClFN5O3. The number of pyridine rings is 1. The molecule has 1 saturated carbocycles. The Morgan fingerprint density at radius 3 is 2.77 bits per heavy atom. The summed E-state index contributed by atoms with van der Waals surface area (Å²) in [5, 5.41) is 21.1. The number of nitrogens with zero attached hydrogens (tertiary/aromatic N) is 3. The summed E-state index contributed by atoms with van der Waals surface area (Å²) in [5.41, 5.74) is 2.36. The van der Waals surface area contributed by atoms with E-state index >= 15 is 0 Å². The summed E-state index contributed by atoms with van der Waals surface area (Å²) in [7, 11) is 0. The van der Waals surface area contributed by atoms with Gasteiger partial charge in [-0.25, -0.2) is 9.37 Å². The zero-order valence-corrected chi connectivity index (χ0v) is 23.1. The van der Waals surface area contributed by atoms with E-state index in [0.717, 1.165) is 29.5 Å². The molecule has 40 heavy (non-hydrogen) atoms. The first kappa shape index (κ1) is 27.7. The monoisotopic (exact) mass is 563 g/mol. The summed E-state index contributed by atoms with van der Waals surface area (Å²) in [6, 6.07) is 14.0. The Morgan fingerprint density at radius 2 is 2.00 bits per heavy atom. The van der Waals surface area contributed by atoms with Gasteiger partial charge in [0.05, 0.1) is 12.2 Å². The highest BCUT2D eigenvalue weighted by atomic mass is 35.5. The lowest BCUT2D eigenvalue weighted by Gasteiger charge is -2.17. The first-order valence-electron chi connectivity index (χ1n) is 13.3. The minimum atomic E-state index is -0.737. The van der Waals surface area contributed by atoms with Crippen LogP contribution in [0.25, 0.3) is 11.1 Å². The van der Waals surface area contributed by atoms with E-state index in [9.17, 15) is 14.3 Å². The van der Waals surface area contributed by atoms with Gasteiger partial charge in [0.1, 0.15) is 23.2 Å². The SMILES string of the molecule is CC(C)(O)CCCOc1ccc(Cl)c(-c2ccnc(NC(=O)c3nnc(Cc4cc(C5CC5)ccc4F)[nH]3)c2)c1. The largest absolute Gasteiger partial charge is 0.494 e. The number of carbonyl (C=O) groups is 1. The third kappa shape index (κ3) is 7.22. The van der Waals surface area contributed by atoms with Crippen LogP contribution in [-0.4, -0.2) is 43.4 Å². The number of aromatic amines is 1. The molecule has 2 aromatic carbocycles. The molecule has 0 atom stereocenters. The molecule has 8 nitrogen and oxygen atoms in total. The van der Waals surface area contributed by atoms with Crippen molar-refractivity contribution in [1.82, 2.24) is 20.2 Å². The lowest BCUT2D eigenvalue weighted by atomic mass is 10.0. The number of carbonyl (C=O) groups excluding carboxylic acids is 1. The molecule has 3 N–H and O–H groups in total. The van der Waals surface area contributed by atoms with Crippen LogP contribution in [0.15, 0.2) is 54.7 Å². The van der Waals surface area contributed by atoms with Crippen LogP contribution in [0.3, 0.4) is 0 Å². The fraction of sp³-hybridized carbons (Fsp3) is 0.333. The van der Waals surface area contributed by atoms with Gasteiger partial charge in [0.25, 0.3) is 5.91 Å². The number of amides is 1. The molecule has 2 heterocycles. The molecule has 4 aromatic rings. The molecule has 0 unspecified atom stereocenters. The highest BCUT2D eigenvalue weighted by molar-refractivity contribution is 6.33. The standard InChI is InChI=1S/C30H31ClFN5O3/c1-30(2,39)11-3-13-40-22-7-8-24(31)23(17-22)20-10-12-33-26(15-20)35-29(38)28-34-27(36-37-28)16-21-14-19(18-4-5-18)6-9-25(21)32/h6-10,12,14-15,17-18,39H,3-5,11,13,16H2,1-2H3,(H,33,35,38)(H,34,36,37). The second-order valence-electron chi connectivity index (χ2n) is 10.7. The maximum atomic E-state index is 14.4. The van der Waals surface area contributed by atoms with Crippen LogP contribution < -0.4 is 10.1 Å². The molecule has 0 aliphatic heterocycles. The van der Waals surface area contributed by atoms with Crippen LogP contribution in [0, 0.1) is 5.82 Å². The van der Waals surface area contributed by atoms with Crippen molar-refractivity contribution in [3.63, 3.8) is 0 Å². The number of aromatic nitrogens is 4. The number of rotatable bonds is 11. The van der Waals surface area contributed by atoms with Crippen LogP contribution in [-0.2, 0) is 6.42 Å². The highest BCUT2D eigenvalue weighted by Crippen LogP contribution is 2.40. The van der Waals surface area contributed by atoms with Crippen LogP contribution >= 0.6 is 11.6 Å². The zero-order chi connectivity index (χ0) is 28.3. The van der Waals surface area contributed by atoms with Gasteiger partial charge in [0.15, 0.2) is 0 Å². The number of anilines is 1. The maximum Gasteiger partial charge on any atom is 0.294 e. The van der Waals surface area contributed by atoms with Crippen molar-refractivity contribution >= 4 is 23.3 Å². The Morgan fingerprint density at radius 1 is 1.18 bits per heavy atom. The number of nitrogens with one attached hydrogen (secondary N) is 2. The molecule has 0 saturated heterocycles. The molecule has 1 aliphatic carbocycles. The number of ether oxygens (including phenoxy) is 1. The van der Waals surface area contributed by atoms with Gasteiger partial charge < -0.3 is 20.1 Å². The van der Waals surface area contributed by atoms with Gasteiger partial charge in [-0.05, 0) is 98.5 Å². The smallest absolute Gasteiger partial charge is 0.294 e. The molecule has 1 aliphatic rings. The molecular weight excluding hydrogens is 533 g/mol. The highest BCUT2D eigenvalue weighted by Gasteiger charge is 2.24. The Balaban J connectivity index is 1.24. The van der Waals surface area contributed by atoms with Gasteiger partial charge in [-0.1, -0.05) is 23.7 Å². The van der Waals surface area contributed by atoms with Gasteiger partial charge >= 0.3 is 0 Å². The lowest BCUT2D eigenvalue weighted by molar-refractivity contribution is 0.0641. The molecule has 0 radical (unpaired) electrons. The molecule has 1 fully saturated rings. The summed E-state index contributed by atoms with van der Waals surface area (Å²) in [5.74, 6) is 1.01. The predicted molar refractivity (Wildman–Crippen MR) is 151 cm³/mol. The van der Waals surface area contributed by atoms with Crippen molar-refractivity contribution < 1.29 is 19.0 Å². The second kappa shape index (κ2) is 11.7. The first-order chi connectivity index (χ1) is 19.1. The minimum Gasteiger partial charge on any atom is -0.494 e. The van der Waals surface area contributed by atoms with Gasteiger partial charge in [0.2, 0.25) is 5.82 Å². The molecule has 2 aromatic heterocycles. The van der Waals surface area contributed by atoms with E-state index in [0.29, 0.717) is 53.3 Å². The summed E-state index contributed by atoms with van der Waals surface area (Å²) in [6.45, 7) is 4.00. The number of halogens is 2. The number of hydrogen-bond donors (Lipinski definition) is 3. The summed E-state index contributed by atoms with van der Waals surface area (Å²) < 4.78 is 20.2. The first-order valence-corrected chi connectivity index (χ1v) is 13.6. The molecule has 5 rings (SSSR count). The van der Waals surface area contributed by atoms with Crippen molar-refractivity contribution in [3.05, 3.63) is 88.3 Å². The molecule has 0 bridgehead atoms. The predicted octanol–water partition coefficient (Wildman–Crippen LogP) is 6.31. The van der Waals surface area contributed by atoms with E-state index in [1.807, 2.05) is 18.2 Å². The Bertz CT molecular complexity index is 1510. The maximum absolute atomic E-state index is 14.4. The van der Waals surface area contributed by atoms with Crippen LogP contribution in [0.1, 0.15) is 73.0 Å². The normalized spacial score (nSPS) is 13.3. The van der Waals surface area contributed by atoms with E-state index in [1.165, 1.54) is 6.07 Å². The Hall–Kier alpha value is -3.82. The second-order valence-corrected chi connectivity index (χ2v) is 11.1. The number of H-pyrrole nitrogens is 1. The topological polar surface area (TPSA) is 113 Å². The fourth-order valence-electron chi connectivity index (χ4n) is 4.41. The van der Waals surface area contributed by atoms with Crippen molar-refractivity contribution in [2.45, 2.75) is 57.5 Å². The molecule has 1 amide bonds. The van der Waals surface area contributed by atoms with E-state index in [-0.39, 0.29) is 18.1 Å². The third-order valence-electron chi connectivity index (χ3n) is 6.68. The average Bonchev–Trinajstić information content (AvgIpc) is 3.66. The molecule has 208 valence electrons. The number of hydrogen-bond acceptors (Lipinski definition) is 6. The van der Waals surface area contributed by atoms with E-state index in [1.54, 1.807) is 44.3 Å². The van der Waals surface area contributed by atoms with Crippen LogP contribution in [0.4, 0.5) is 10.2 Å². The summed E-state index contributed by atoms with van der Waals surface area (Å²) >= 11 is 6.47. The molecule has 10 heteroatoms. The Labute approximate surface area is 237 Å².